The van der Waals surface area contributed by atoms with E-state index in [0.717, 1.165) is 4.88 Å². The first kappa shape index (κ1) is 16.4. The Bertz CT molecular complexity index is 667. The van der Waals surface area contributed by atoms with Crippen molar-refractivity contribution < 1.29 is 13.9 Å². The van der Waals surface area contributed by atoms with Crippen molar-refractivity contribution in [3.05, 3.63) is 38.5 Å². The van der Waals surface area contributed by atoms with Crippen LogP contribution in [0.25, 0.3) is 0 Å². The molecule has 9 heteroatoms. The molecule has 0 spiro atoms. The zero-order chi connectivity index (χ0) is 15.4. The van der Waals surface area contributed by atoms with Crippen LogP contribution in [0.1, 0.15) is 4.88 Å². The summed E-state index contributed by atoms with van der Waals surface area (Å²) in [7, 11) is 1.21. The molecule has 112 valence electrons. The third-order valence-corrected chi connectivity index (χ3v) is 5.14. The molecule has 1 aromatic heterocycles. The molecule has 0 saturated carbocycles. The molecule has 1 N–H and O–H groups in total. The van der Waals surface area contributed by atoms with Crippen LogP contribution >= 0.6 is 46.3 Å². The first-order valence-corrected chi connectivity index (χ1v) is 8.13. The SMILES string of the molecule is COC(=O)Nc1ccc(SCc2sc(Cl)nc2Cl)cc1F. The van der Waals surface area contributed by atoms with Crippen molar-refractivity contribution in [2.75, 3.05) is 12.4 Å². The van der Waals surface area contributed by atoms with Gasteiger partial charge in [0.1, 0.15) is 11.0 Å². The first-order chi connectivity index (χ1) is 9.99. The average Bonchev–Trinajstić information content (AvgIpc) is 2.77. The Labute approximate surface area is 138 Å². The Balaban J connectivity index is 2.03. The number of halogens is 3. The molecule has 1 heterocycles. The summed E-state index contributed by atoms with van der Waals surface area (Å²) >= 11 is 14.3. The fraction of sp³-hybridized carbons (Fsp3) is 0.167. The summed E-state index contributed by atoms with van der Waals surface area (Å²) in [4.78, 5) is 16.4. The number of thiazole rings is 1. The van der Waals surface area contributed by atoms with E-state index in [9.17, 15) is 9.18 Å². The fourth-order valence-electron chi connectivity index (χ4n) is 1.39. The van der Waals surface area contributed by atoms with Gasteiger partial charge in [-0.15, -0.1) is 23.1 Å². The van der Waals surface area contributed by atoms with Gasteiger partial charge in [0.25, 0.3) is 0 Å². The van der Waals surface area contributed by atoms with E-state index < -0.39 is 11.9 Å². The molecule has 1 aromatic carbocycles. The highest BCUT2D eigenvalue weighted by Gasteiger charge is 2.11. The van der Waals surface area contributed by atoms with Gasteiger partial charge in [-0.2, -0.15) is 0 Å². The van der Waals surface area contributed by atoms with E-state index in [2.05, 4.69) is 15.0 Å². The lowest BCUT2D eigenvalue weighted by molar-refractivity contribution is 0.187. The van der Waals surface area contributed by atoms with Crippen LogP contribution in [0.4, 0.5) is 14.9 Å². The Morgan fingerprint density at radius 1 is 1.52 bits per heavy atom. The summed E-state index contributed by atoms with van der Waals surface area (Å²) in [6.45, 7) is 0. The number of rotatable bonds is 4. The summed E-state index contributed by atoms with van der Waals surface area (Å²) < 4.78 is 18.6. The maximum Gasteiger partial charge on any atom is 0.411 e. The number of thioether (sulfide) groups is 1. The number of aromatic nitrogens is 1. The highest BCUT2D eigenvalue weighted by atomic mass is 35.5. The van der Waals surface area contributed by atoms with Crippen molar-refractivity contribution in [2.45, 2.75) is 10.6 Å². The lowest BCUT2D eigenvalue weighted by Crippen LogP contribution is -2.12. The molecule has 0 unspecified atom stereocenters. The van der Waals surface area contributed by atoms with Crippen LogP contribution in [0.15, 0.2) is 23.1 Å². The standard InChI is InChI=1S/C12H9Cl2FN2O2S2/c1-19-12(18)16-8-3-2-6(4-7(8)15)20-5-9-10(13)17-11(14)21-9/h2-4H,5H2,1H3,(H,16,18). The second-order valence-corrected chi connectivity index (χ2v) is 6.80. The van der Waals surface area contributed by atoms with Gasteiger partial charge in [-0.25, -0.2) is 14.2 Å². The molecule has 0 fully saturated rings. The Kier molecular flexibility index (Phi) is 5.69. The van der Waals surface area contributed by atoms with Gasteiger partial charge in [-0.3, -0.25) is 5.32 Å². The molecule has 0 bridgehead atoms. The predicted molar refractivity (Wildman–Crippen MR) is 84.1 cm³/mol. The van der Waals surface area contributed by atoms with Gasteiger partial charge in [-0.05, 0) is 18.2 Å². The van der Waals surface area contributed by atoms with E-state index in [1.54, 1.807) is 6.07 Å². The second kappa shape index (κ2) is 7.31. The van der Waals surface area contributed by atoms with Crippen LogP contribution < -0.4 is 5.32 Å². The van der Waals surface area contributed by atoms with E-state index in [1.807, 2.05) is 0 Å². The van der Waals surface area contributed by atoms with Gasteiger partial charge >= 0.3 is 6.09 Å². The van der Waals surface area contributed by atoms with Crippen LogP contribution in [-0.2, 0) is 10.5 Å². The monoisotopic (exact) mass is 366 g/mol. The molecule has 4 nitrogen and oxygen atoms in total. The molecule has 0 radical (unpaired) electrons. The molecule has 1 amide bonds. The summed E-state index contributed by atoms with van der Waals surface area (Å²) in [5, 5.41) is 2.64. The van der Waals surface area contributed by atoms with Crippen molar-refractivity contribution in [1.82, 2.24) is 4.98 Å². The van der Waals surface area contributed by atoms with E-state index in [0.29, 0.717) is 20.3 Å². The van der Waals surface area contributed by atoms with Crippen molar-refractivity contribution in [1.29, 1.82) is 0 Å². The molecule has 2 aromatic rings. The zero-order valence-corrected chi connectivity index (χ0v) is 13.8. The van der Waals surface area contributed by atoms with Gasteiger partial charge in [0.15, 0.2) is 4.47 Å². The van der Waals surface area contributed by atoms with Gasteiger partial charge in [0.05, 0.1) is 17.7 Å². The van der Waals surface area contributed by atoms with Crippen LogP contribution in [0, 0.1) is 5.82 Å². The number of amides is 1. The van der Waals surface area contributed by atoms with Crippen molar-refractivity contribution in [3.8, 4) is 0 Å². The molecule has 0 aliphatic carbocycles. The number of anilines is 1. The van der Waals surface area contributed by atoms with E-state index >= 15 is 0 Å². The van der Waals surface area contributed by atoms with Crippen molar-refractivity contribution in [2.24, 2.45) is 0 Å². The average molecular weight is 367 g/mol. The minimum absolute atomic E-state index is 0.0602. The number of nitrogens with one attached hydrogen (secondary N) is 1. The molecular formula is C12H9Cl2FN2O2S2. The van der Waals surface area contributed by atoms with Crippen molar-refractivity contribution >= 4 is 58.1 Å². The highest BCUT2D eigenvalue weighted by Crippen LogP contribution is 2.33. The first-order valence-electron chi connectivity index (χ1n) is 5.57. The molecule has 2 rings (SSSR count). The molecular weight excluding hydrogens is 358 g/mol. The number of benzene rings is 1. The Morgan fingerprint density at radius 3 is 2.86 bits per heavy atom. The zero-order valence-electron chi connectivity index (χ0n) is 10.7. The van der Waals surface area contributed by atoms with Crippen LogP contribution in [0.3, 0.4) is 0 Å². The number of carbonyl (C=O) groups is 1. The largest absolute Gasteiger partial charge is 0.453 e. The number of nitrogens with zero attached hydrogens (tertiary/aromatic N) is 1. The topological polar surface area (TPSA) is 51.2 Å². The quantitative estimate of drug-likeness (QED) is 0.768. The van der Waals surface area contributed by atoms with E-state index in [4.69, 9.17) is 23.2 Å². The Hall–Kier alpha value is -1.02. The highest BCUT2D eigenvalue weighted by molar-refractivity contribution is 7.98. The fourth-order valence-corrected chi connectivity index (χ4v) is 3.86. The number of hydrogen-bond acceptors (Lipinski definition) is 5. The van der Waals surface area contributed by atoms with Gasteiger partial charge in [0, 0.05) is 10.6 Å². The summed E-state index contributed by atoms with van der Waals surface area (Å²) in [6, 6.07) is 4.48. The lowest BCUT2D eigenvalue weighted by atomic mass is 10.3. The number of hydrogen-bond donors (Lipinski definition) is 1. The molecule has 0 aliphatic rings. The predicted octanol–water partition coefficient (Wildman–Crippen LogP) is 5.06. The van der Waals surface area contributed by atoms with Crippen molar-refractivity contribution in [3.63, 3.8) is 0 Å². The second-order valence-electron chi connectivity index (χ2n) is 3.73. The molecule has 0 atom stereocenters. The minimum atomic E-state index is -0.722. The molecule has 0 aliphatic heterocycles. The summed E-state index contributed by atoms with van der Waals surface area (Å²) in [6.07, 6.45) is -0.722. The number of ether oxygens (including phenoxy) is 1. The maximum atomic E-state index is 13.8. The maximum absolute atomic E-state index is 13.8. The third kappa shape index (κ3) is 4.47. The normalized spacial score (nSPS) is 10.5. The van der Waals surface area contributed by atoms with Crippen LogP contribution in [0.2, 0.25) is 9.62 Å². The van der Waals surface area contributed by atoms with E-state index in [-0.39, 0.29) is 5.69 Å². The molecule has 0 saturated heterocycles. The summed E-state index contributed by atoms with van der Waals surface area (Å²) in [5.41, 5.74) is 0.0602. The lowest BCUT2D eigenvalue weighted by Gasteiger charge is -2.06. The van der Waals surface area contributed by atoms with Gasteiger partial charge in [0.2, 0.25) is 0 Å². The molecule has 21 heavy (non-hydrogen) atoms. The number of carbonyl (C=O) groups excluding carboxylic acids is 1. The van der Waals surface area contributed by atoms with Crippen LogP contribution in [-0.4, -0.2) is 18.2 Å². The van der Waals surface area contributed by atoms with Crippen LogP contribution in [0.5, 0.6) is 0 Å². The van der Waals surface area contributed by atoms with E-state index in [1.165, 1.54) is 42.3 Å². The van der Waals surface area contributed by atoms with Gasteiger partial charge in [-0.1, -0.05) is 23.2 Å². The number of methoxy groups -OCH3 is 1. The Morgan fingerprint density at radius 2 is 2.29 bits per heavy atom. The minimum Gasteiger partial charge on any atom is -0.453 e. The third-order valence-electron chi connectivity index (χ3n) is 2.36. The van der Waals surface area contributed by atoms with Gasteiger partial charge < -0.3 is 4.74 Å². The smallest absolute Gasteiger partial charge is 0.411 e. The summed E-state index contributed by atoms with van der Waals surface area (Å²) in [5.74, 6) is -0.00858.